The average molecular weight is 530 g/mol. The average Bonchev–Trinajstić information content (AvgIpc) is 3.16. The number of halogens is 1. The maximum Gasteiger partial charge on any atom is 0.238 e. The zero-order valence-electron chi connectivity index (χ0n) is 20.7. The largest absolute Gasteiger partial charge is 0.507 e. The maximum absolute atomic E-state index is 13.9. The number of rotatable bonds is 3. The van der Waals surface area contributed by atoms with Crippen molar-refractivity contribution in [1.29, 1.82) is 0 Å². The molecule has 4 aliphatic rings. The van der Waals surface area contributed by atoms with Crippen LogP contribution in [0.3, 0.4) is 0 Å². The fourth-order valence-electron chi connectivity index (χ4n) is 6.54. The standard InChI is InChI=1S/C30H24ClNO6/c1-14-12-22(34)20-13-19-17(25(26(20)28(14)35)27-21(33)4-3-5-23(27)38-2)10-11-18-24(19)30(37)32(29(18)36)16-8-6-15(31)7-9-16/h3-10,12,18-19,24-25,33H,11,13H2,1-2H3/t18-,19+,24-,25-/m0/s1. The Balaban J connectivity index is 1.52. The molecule has 0 unspecified atom stereocenters. The van der Waals surface area contributed by atoms with E-state index in [0.29, 0.717) is 45.2 Å². The number of carbonyl (C=O) groups excluding carboxylic acids is 4. The van der Waals surface area contributed by atoms with E-state index in [9.17, 15) is 24.3 Å². The second-order valence-electron chi connectivity index (χ2n) is 10.1. The Labute approximate surface area is 224 Å². The molecule has 38 heavy (non-hydrogen) atoms. The van der Waals surface area contributed by atoms with Gasteiger partial charge in [0.1, 0.15) is 11.5 Å². The molecule has 3 aliphatic carbocycles. The van der Waals surface area contributed by atoms with E-state index in [-0.39, 0.29) is 35.6 Å². The SMILES string of the molecule is COc1cccc(O)c1[C@H]1C2=CC[C@@H]3C(=O)N(c4ccc(Cl)cc4)C(=O)[C@@H]3[C@@H]2CC2=C1C(=O)C(C)=CC2=O. The molecule has 2 aromatic rings. The third kappa shape index (κ3) is 3.42. The summed E-state index contributed by atoms with van der Waals surface area (Å²) in [7, 11) is 1.47. The lowest BCUT2D eigenvalue weighted by atomic mass is 9.59. The van der Waals surface area contributed by atoms with Crippen molar-refractivity contribution in [2.75, 3.05) is 12.0 Å². The first-order valence-electron chi connectivity index (χ1n) is 12.4. The molecule has 0 aromatic heterocycles. The van der Waals surface area contributed by atoms with E-state index in [1.165, 1.54) is 24.2 Å². The molecule has 0 spiro atoms. The Morgan fingerprint density at radius 2 is 1.74 bits per heavy atom. The second-order valence-corrected chi connectivity index (χ2v) is 10.5. The van der Waals surface area contributed by atoms with Crippen molar-refractivity contribution >= 4 is 40.7 Å². The maximum atomic E-state index is 13.9. The first-order valence-corrected chi connectivity index (χ1v) is 12.8. The van der Waals surface area contributed by atoms with Crippen LogP contribution in [-0.2, 0) is 19.2 Å². The topological polar surface area (TPSA) is 101 Å². The molecule has 1 fully saturated rings. The monoisotopic (exact) mass is 529 g/mol. The van der Waals surface area contributed by atoms with Crippen molar-refractivity contribution in [2.45, 2.75) is 25.7 Å². The minimum absolute atomic E-state index is 0.0751. The normalized spacial score (nSPS) is 26.6. The molecule has 1 aliphatic heterocycles. The van der Waals surface area contributed by atoms with E-state index in [1.807, 2.05) is 6.08 Å². The van der Waals surface area contributed by atoms with Gasteiger partial charge in [0.2, 0.25) is 11.8 Å². The summed E-state index contributed by atoms with van der Waals surface area (Å²) in [5.74, 6) is -3.48. The van der Waals surface area contributed by atoms with Crippen LogP contribution in [0, 0.1) is 17.8 Å². The van der Waals surface area contributed by atoms with Crippen LogP contribution in [0.15, 0.2) is 76.9 Å². The number of amides is 2. The number of phenolic OH excluding ortho intramolecular Hbond substituents is 1. The van der Waals surface area contributed by atoms with Crippen LogP contribution in [0.5, 0.6) is 11.5 Å². The van der Waals surface area contributed by atoms with Crippen molar-refractivity contribution < 1.29 is 29.0 Å². The number of Topliss-reactive ketones (excluding diaryl/α,β-unsaturated/α-hetero) is 1. The van der Waals surface area contributed by atoms with E-state index in [4.69, 9.17) is 16.3 Å². The van der Waals surface area contributed by atoms with E-state index >= 15 is 0 Å². The predicted octanol–water partition coefficient (Wildman–Crippen LogP) is 4.69. The van der Waals surface area contributed by atoms with Gasteiger partial charge in [0.25, 0.3) is 0 Å². The molecule has 8 heteroatoms. The van der Waals surface area contributed by atoms with Crippen molar-refractivity contribution in [3.8, 4) is 11.5 Å². The molecule has 1 heterocycles. The number of anilines is 1. The number of imide groups is 1. The lowest BCUT2D eigenvalue weighted by Crippen LogP contribution is -2.40. The highest BCUT2D eigenvalue weighted by Gasteiger charge is 2.57. The number of phenols is 1. The fraction of sp³-hybridized carbons (Fsp3) is 0.267. The zero-order chi connectivity index (χ0) is 26.9. The van der Waals surface area contributed by atoms with Gasteiger partial charge in [0.15, 0.2) is 11.6 Å². The smallest absolute Gasteiger partial charge is 0.238 e. The van der Waals surface area contributed by atoms with Crippen molar-refractivity contribution in [3.05, 3.63) is 87.5 Å². The second kappa shape index (κ2) is 8.81. The van der Waals surface area contributed by atoms with Crippen molar-refractivity contribution in [2.24, 2.45) is 17.8 Å². The lowest BCUT2D eigenvalue weighted by Gasteiger charge is -2.42. The molecular formula is C30H24ClNO6. The molecule has 2 amide bonds. The number of allylic oxidation sites excluding steroid dienone is 6. The van der Waals surface area contributed by atoms with Crippen LogP contribution >= 0.6 is 11.6 Å². The number of ether oxygens (including phenoxy) is 1. The molecule has 1 N–H and O–H groups in total. The van der Waals surface area contributed by atoms with Gasteiger partial charge in [-0.15, -0.1) is 0 Å². The van der Waals surface area contributed by atoms with Crippen molar-refractivity contribution in [3.63, 3.8) is 0 Å². The minimum Gasteiger partial charge on any atom is -0.507 e. The minimum atomic E-state index is -0.784. The summed E-state index contributed by atoms with van der Waals surface area (Å²) in [6.07, 6.45) is 3.71. The molecular weight excluding hydrogens is 506 g/mol. The zero-order valence-corrected chi connectivity index (χ0v) is 21.5. The van der Waals surface area contributed by atoms with Crippen LogP contribution in [-0.4, -0.2) is 35.6 Å². The van der Waals surface area contributed by atoms with Crippen LogP contribution in [0.25, 0.3) is 0 Å². The molecule has 0 saturated carbocycles. The summed E-state index contributed by atoms with van der Waals surface area (Å²) in [4.78, 5) is 55.4. The predicted molar refractivity (Wildman–Crippen MR) is 140 cm³/mol. The summed E-state index contributed by atoms with van der Waals surface area (Å²) in [6.45, 7) is 1.60. The van der Waals surface area contributed by atoms with E-state index in [1.54, 1.807) is 43.3 Å². The van der Waals surface area contributed by atoms with Crippen molar-refractivity contribution in [1.82, 2.24) is 0 Å². The van der Waals surface area contributed by atoms with Gasteiger partial charge in [0, 0.05) is 33.2 Å². The highest BCUT2D eigenvalue weighted by molar-refractivity contribution is 6.31. The first kappa shape index (κ1) is 24.4. The summed E-state index contributed by atoms with van der Waals surface area (Å²) in [6, 6.07) is 11.4. The van der Waals surface area contributed by atoms with Gasteiger partial charge in [-0.1, -0.05) is 29.3 Å². The molecule has 6 rings (SSSR count). The van der Waals surface area contributed by atoms with Crippen LogP contribution in [0.1, 0.15) is 31.2 Å². The highest BCUT2D eigenvalue weighted by atomic mass is 35.5. The third-order valence-corrected chi connectivity index (χ3v) is 8.45. The summed E-state index contributed by atoms with van der Waals surface area (Å²) in [5.41, 5.74) is 2.52. The van der Waals surface area contributed by atoms with Crippen LogP contribution in [0.4, 0.5) is 5.69 Å². The Kier molecular flexibility index (Phi) is 5.65. The van der Waals surface area contributed by atoms with Gasteiger partial charge in [-0.25, -0.2) is 0 Å². The number of carbonyl (C=O) groups is 4. The number of methoxy groups -OCH3 is 1. The number of hydrogen-bond donors (Lipinski definition) is 1. The van der Waals surface area contributed by atoms with Gasteiger partial charge in [-0.05, 0) is 68.2 Å². The Morgan fingerprint density at radius 3 is 2.45 bits per heavy atom. The number of aromatic hydroxyl groups is 1. The molecule has 0 radical (unpaired) electrons. The summed E-state index contributed by atoms with van der Waals surface area (Å²) < 4.78 is 5.58. The van der Waals surface area contributed by atoms with E-state index in [2.05, 4.69) is 0 Å². The quantitative estimate of drug-likeness (QED) is 0.352. The van der Waals surface area contributed by atoms with Crippen LogP contribution in [0.2, 0.25) is 5.02 Å². The number of benzene rings is 2. The molecule has 2 aromatic carbocycles. The fourth-order valence-corrected chi connectivity index (χ4v) is 6.66. The number of hydrogen-bond acceptors (Lipinski definition) is 6. The Morgan fingerprint density at radius 1 is 1.00 bits per heavy atom. The number of ketones is 2. The Bertz CT molecular complexity index is 1530. The highest BCUT2D eigenvalue weighted by Crippen LogP contribution is 2.57. The number of fused-ring (bicyclic) bond motifs is 3. The number of nitrogens with zero attached hydrogens (tertiary/aromatic N) is 1. The first-order chi connectivity index (χ1) is 18.2. The molecule has 7 nitrogen and oxygen atoms in total. The summed E-state index contributed by atoms with van der Waals surface area (Å²) in [5, 5.41) is 11.5. The van der Waals surface area contributed by atoms with Gasteiger partial charge in [-0.3, -0.25) is 24.1 Å². The lowest BCUT2D eigenvalue weighted by molar-refractivity contribution is -0.123. The van der Waals surface area contributed by atoms with Gasteiger partial charge >= 0.3 is 0 Å². The van der Waals surface area contributed by atoms with Gasteiger partial charge in [0.05, 0.1) is 24.6 Å². The summed E-state index contributed by atoms with van der Waals surface area (Å²) >= 11 is 6.02. The molecule has 0 bridgehead atoms. The Hall–Kier alpha value is -3.97. The molecule has 4 atom stereocenters. The third-order valence-electron chi connectivity index (χ3n) is 8.20. The van der Waals surface area contributed by atoms with Gasteiger partial charge < -0.3 is 9.84 Å². The molecule has 1 saturated heterocycles. The van der Waals surface area contributed by atoms with E-state index in [0.717, 1.165) is 5.57 Å². The van der Waals surface area contributed by atoms with Crippen LogP contribution < -0.4 is 9.64 Å². The van der Waals surface area contributed by atoms with Gasteiger partial charge in [-0.2, -0.15) is 0 Å². The molecule has 192 valence electrons. The van der Waals surface area contributed by atoms with E-state index < -0.39 is 23.7 Å².